The van der Waals surface area contributed by atoms with Crippen LogP contribution in [0, 0.1) is 0 Å². The molecule has 0 saturated carbocycles. The summed E-state index contributed by atoms with van der Waals surface area (Å²) >= 11 is 3.36. The summed E-state index contributed by atoms with van der Waals surface area (Å²) in [6, 6.07) is 9.05. The Kier molecular flexibility index (Phi) is 4.21. The number of rotatable bonds is 4. The molecular formula is C13H14BrN3O2. The van der Waals surface area contributed by atoms with Gasteiger partial charge in [-0.25, -0.2) is 4.68 Å². The predicted molar refractivity (Wildman–Crippen MR) is 76.8 cm³/mol. The van der Waals surface area contributed by atoms with Crippen LogP contribution in [0.4, 0.5) is 5.82 Å². The predicted octanol–water partition coefficient (Wildman–Crippen LogP) is 2.58. The van der Waals surface area contributed by atoms with Crippen molar-refractivity contribution in [2.45, 2.75) is 5.33 Å². The van der Waals surface area contributed by atoms with E-state index in [4.69, 9.17) is 4.74 Å². The van der Waals surface area contributed by atoms with E-state index in [0.29, 0.717) is 17.3 Å². The molecule has 6 heteroatoms. The summed E-state index contributed by atoms with van der Waals surface area (Å²) in [5, 5.41) is 7.63. The van der Waals surface area contributed by atoms with Crippen molar-refractivity contribution in [1.29, 1.82) is 0 Å². The molecule has 5 nitrogen and oxygen atoms in total. The van der Waals surface area contributed by atoms with E-state index in [-0.39, 0.29) is 5.91 Å². The topological polar surface area (TPSA) is 56.1 Å². The summed E-state index contributed by atoms with van der Waals surface area (Å²) in [6.45, 7) is 0. The monoisotopic (exact) mass is 323 g/mol. The molecule has 0 radical (unpaired) electrons. The number of alkyl halides is 1. The molecule has 0 aliphatic heterocycles. The van der Waals surface area contributed by atoms with E-state index in [2.05, 4.69) is 26.3 Å². The van der Waals surface area contributed by atoms with E-state index in [0.717, 1.165) is 10.9 Å². The van der Waals surface area contributed by atoms with E-state index in [1.807, 2.05) is 12.1 Å². The van der Waals surface area contributed by atoms with Crippen LogP contribution in [0.15, 0.2) is 30.3 Å². The minimum Gasteiger partial charge on any atom is -0.481 e. The Morgan fingerprint density at radius 3 is 2.63 bits per heavy atom. The number of carbonyl (C=O) groups excluding carboxylic acids is 1. The van der Waals surface area contributed by atoms with Crippen molar-refractivity contribution in [3.8, 4) is 5.88 Å². The zero-order valence-corrected chi connectivity index (χ0v) is 12.3. The zero-order valence-electron chi connectivity index (χ0n) is 10.7. The normalized spacial score (nSPS) is 10.3. The number of hydrogen-bond donors (Lipinski definition) is 1. The highest BCUT2D eigenvalue weighted by Crippen LogP contribution is 2.16. The summed E-state index contributed by atoms with van der Waals surface area (Å²) in [6.07, 6.45) is 0. The molecule has 0 atom stereocenters. The van der Waals surface area contributed by atoms with Gasteiger partial charge in [-0.05, 0) is 17.7 Å². The molecule has 1 aromatic heterocycles. The first-order valence-corrected chi connectivity index (χ1v) is 6.80. The SMILES string of the molecule is COc1cc(NC(=O)c2ccc(CBr)cc2)nn1C. The average Bonchev–Trinajstić information content (AvgIpc) is 2.78. The third-order valence-corrected chi connectivity index (χ3v) is 3.31. The molecule has 0 spiro atoms. The number of nitrogens with zero attached hydrogens (tertiary/aromatic N) is 2. The van der Waals surface area contributed by atoms with Crippen LogP contribution in [-0.2, 0) is 12.4 Å². The summed E-state index contributed by atoms with van der Waals surface area (Å²) in [5.41, 5.74) is 1.71. The molecule has 0 aliphatic rings. The number of amides is 1. The third-order valence-electron chi connectivity index (χ3n) is 2.66. The van der Waals surface area contributed by atoms with Gasteiger partial charge in [-0.1, -0.05) is 28.1 Å². The van der Waals surface area contributed by atoms with Crippen LogP contribution in [-0.4, -0.2) is 22.8 Å². The molecule has 1 N–H and O–H groups in total. The number of methoxy groups -OCH3 is 1. The first-order chi connectivity index (χ1) is 9.13. The van der Waals surface area contributed by atoms with Gasteiger partial charge < -0.3 is 10.1 Å². The smallest absolute Gasteiger partial charge is 0.256 e. The molecule has 0 aliphatic carbocycles. The number of aromatic nitrogens is 2. The fraction of sp³-hybridized carbons (Fsp3) is 0.231. The fourth-order valence-corrected chi connectivity index (χ4v) is 2.01. The van der Waals surface area contributed by atoms with Gasteiger partial charge >= 0.3 is 0 Å². The first kappa shape index (κ1) is 13.6. The van der Waals surface area contributed by atoms with Gasteiger partial charge in [0.15, 0.2) is 5.82 Å². The van der Waals surface area contributed by atoms with Gasteiger partial charge in [0.05, 0.1) is 7.11 Å². The number of hydrogen-bond acceptors (Lipinski definition) is 3. The summed E-state index contributed by atoms with van der Waals surface area (Å²) in [5.74, 6) is 0.862. The van der Waals surface area contributed by atoms with Gasteiger partial charge in [-0.15, -0.1) is 0 Å². The summed E-state index contributed by atoms with van der Waals surface area (Å²) in [4.78, 5) is 12.0. The molecule has 2 aromatic rings. The highest BCUT2D eigenvalue weighted by molar-refractivity contribution is 9.08. The van der Waals surface area contributed by atoms with Crippen molar-refractivity contribution in [1.82, 2.24) is 9.78 Å². The van der Waals surface area contributed by atoms with Gasteiger partial charge in [0.25, 0.3) is 5.91 Å². The highest BCUT2D eigenvalue weighted by Gasteiger charge is 2.10. The number of nitrogens with one attached hydrogen (secondary N) is 1. The van der Waals surface area contributed by atoms with Crippen LogP contribution in [0.1, 0.15) is 15.9 Å². The lowest BCUT2D eigenvalue weighted by atomic mass is 10.1. The van der Waals surface area contributed by atoms with Crippen LogP contribution in [0.3, 0.4) is 0 Å². The minimum atomic E-state index is -0.193. The number of anilines is 1. The van der Waals surface area contributed by atoms with Gasteiger partial charge in [-0.2, -0.15) is 5.10 Å². The maximum atomic E-state index is 12.0. The second kappa shape index (κ2) is 5.88. The largest absolute Gasteiger partial charge is 0.481 e. The molecule has 0 bridgehead atoms. The molecule has 0 saturated heterocycles. The average molecular weight is 324 g/mol. The van der Waals surface area contributed by atoms with Crippen molar-refractivity contribution in [2.24, 2.45) is 7.05 Å². The Morgan fingerprint density at radius 1 is 1.42 bits per heavy atom. The molecule has 1 heterocycles. The minimum absolute atomic E-state index is 0.193. The molecule has 2 rings (SSSR count). The van der Waals surface area contributed by atoms with Crippen molar-refractivity contribution >= 4 is 27.7 Å². The van der Waals surface area contributed by atoms with Crippen molar-refractivity contribution < 1.29 is 9.53 Å². The number of halogens is 1. The van der Waals surface area contributed by atoms with Crippen molar-refractivity contribution in [3.05, 3.63) is 41.5 Å². The van der Waals surface area contributed by atoms with Gasteiger partial charge in [-0.3, -0.25) is 4.79 Å². The zero-order chi connectivity index (χ0) is 13.8. The Balaban J connectivity index is 2.11. The Hall–Kier alpha value is -1.82. The fourth-order valence-electron chi connectivity index (χ4n) is 1.64. The van der Waals surface area contributed by atoms with Gasteiger partial charge in [0.2, 0.25) is 5.88 Å². The summed E-state index contributed by atoms with van der Waals surface area (Å²) in [7, 11) is 3.31. The molecule has 100 valence electrons. The highest BCUT2D eigenvalue weighted by atomic mass is 79.9. The quantitative estimate of drug-likeness (QED) is 0.880. The molecule has 0 fully saturated rings. The van der Waals surface area contributed by atoms with E-state index in [1.165, 1.54) is 0 Å². The Morgan fingerprint density at radius 2 is 2.11 bits per heavy atom. The second-order valence-corrected chi connectivity index (χ2v) is 4.54. The number of benzene rings is 1. The summed E-state index contributed by atoms with van der Waals surface area (Å²) < 4.78 is 6.65. The van der Waals surface area contributed by atoms with E-state index < -0.39 is 0 Å². The lowest BCUT2D eigenvalue weighted by molar-refractivity contribution is 0.102. The lowest BCUT2D eigenvalue weighted by Gasteiger charge is -2.02. The number of aryl methyl sites for hydroxylation is 1. The molecule has 0 unspecified atom stereocenters. The second-order valence-electron chi connectivity index (χ2n) is 3.98. The van der Waals surface area contributed by atoms with Crippen LogP contribution < -0.4 is 10.1 Å². The molecule has 1 aromatic carbocycles. The van der Waals surface area contributed by atoms with Crippen LogP contribution in [0.2, 0.25) is 0 Å². The lowest BCUT2D eigenvalue weighted by Crippen LogP contribution is -2.12. The van der Waals surface area contributed by atoms with Gasteiger partial charge in [0.1, 0.15) is 0 Å². The maximum Gasteiger partial charge on any atom is 0.256 e. The van der Waals surface area contributed by atoms with Crippen LogP contribution in [0.5, 0.6) is 5.88 Å². The molecular weight excluding hydrogens is 310 g/mol. The maximum absolute atomic E-state index is 12.0. The third kappa shape index (κ3) is 3.14. The first-order valence-electron chi connectivity index (χ1n) is 5.68. The van der Waals surface area contributed by atoms with E-state index >= 15 is 0 Å². The number of carbonyl (C=O) groups is 1. The standard InChI is InChI=1S/C13H14BrN3O2/c1-17-12(19-2)7-11(16-17)15-13(18)10-5-3-9(8-14)4-6-10/h3-7H,8H2,1-2H3,(H,15,16,18). The Bertz CT molecular complexity index is 578. The Labute approximate surface area is 119 Å². The van der Waals surface area contributed by atoms with Gasteiger partial charge in [0, 0.05) is 24.0 Å². The molecule has 1 amide bonds. The van der Waals surface area contributed by atoms with Crippen molar-refractivity contribution in [3.63, 3.8) is 0 Å². The van der Waals surface area contributed by atoms with E-state index in [1.54, 1.807) is 37.0 Å². The van der Waals surface area contributed by atoms with Crippen LogP contribution in [0.25, 0.3) is 0 Å². The molecule has 19 heavy (non-hydrogen) atoms. The van der Waals surface area contributed by atoms with E-state index in [9.17, 15) is 4.79 Å². The number of ether oxygens (including phenoxy) is 1. The van der Waals surface area contributed by atoms with Crippen molar-refractivity contribution in [2.75, 3.05) is 12.4 Å². The van der Waals surface area contributed by atoms with Crippen LogP contribution >= 0.6 is 15.9 Å².